The molecule has 1 saturated carbocycles. The van der Waals surface area contributed by atoms with Crippen molar-refractivity contribution in [2.45, 2.75) is 76.7 Å². The van der Waals surface area contributed by atoms with Crippen LogP contribution in [0.3, 0.4) is 0 Å². The number of halogens is 2. The predicted molar refractivity (Wildman–Crippen MR) is 106 cm³/mol. The van der Waals surface area contributed by atoms with Gasteiger partial charge in [0, 0.05) is 42.9 Å². The Balaban J connectivity index is 1.78. The first kappa shape index (κ1) is 21.3. The summed E-state index contributed by atoms with van der Waals surface area (Å²) in [6, 6.07) is 3.42. The second kappa shape index (κ2) is 8.93. The molecular formula is C22H28F2N2O3. The molecule has 0 unspecified atom stereocenters. The molecule has 158 valence electrons. The van der Waals surface area contributed by atoms with Crippen LogP contribution in [0.1, 0.15) is 67.0 Å². The number of benzene rings is 1. The topological polar surface area (TPSA) is 75.4 Å². The van der Waals surface area contributed by atoms with E-state index in [1.165, 1.54) is 0 Å². The van der Waals surface area contributed by atoms with Gasteiger partial charge in [-0.3, -0.25) is 4.79 Å². The number of aryl methyl sites for hydroxylation is 3. The highest BCUT2D eigenvalue weighted by molar-refractivity contribution is 5.72. The van der Waals surface area contributed by atoms with Gasteiger partial charge in [0.2, 0.25) is 5.92 Å². The van der Waals surface area contributed by atoms with Gasteiger partial charge in [0.05, 0.1) is 6.42 Å². The van der Waals surface area contributed by atoms with Gasteiger partial charge in [-0.2, -0.15) is 0 Å². The van der Waals surface area contributed by atoms with Crippen molar-refractivity contribution in [2.75, 3.05) is 0 Å². The fourth-order valence-corrected chi connectivity index (χ4v) is 4.33. The summed E-state index contributed by atoms with van der Waals surface area (Å²) >= 11 is 0. The van der Waals surface area contributed by atoms with E-state index in [0.29, 0.717) is 30.4 Å². The molecule has 0 amide bonds. The number of alkyl halides is 2. The fourth-order valence-electron chi connectivity index (χ4n) is 4.33. The number of imidazole rings is 1. The molecule has 0 saturated heterocycles. The van der Waals surface area contributed by atoms with E-state index >= 15 is 0 Å². The van der Waals surface area contributed by atoms with Gasteiger partial charge in [0.1, 0.15) is 11.6 Å². The standard InChI is InChI=1S/C22H28F2N2O3/c1-15-25-10-12-26(15)11-3-2-5-16-7-8-17(13-19(27)28)21(29)20(16)18-6-4-9-22(23,24)14-18/h7-8,10,12,18,29H,2-6,9,11,13-14H2,1H3,(H,27,28)/t18-/m1/s1. The zero-order valence-electron chi connectivity index (χ0n) is 16.7. The van der Waals surface area contributed by atoms with Gasteiger partial charge in [-0.05, 0) is 50.5 Å². The highest BCUT2D eigenvalue weighted by atomic mass is 19.3. The van der Waals surface area contributed by atoms with Crippen LogP contribution in [0.15, 0.2) is 24.5 Å². The SMILES string of the molecule is Cc1nccn1CCCCc1ccc(CC(=O)O)c(O)c1[C@@H]1CCCC(F)(F)C1. The Morgan fingerprint density at radius 2 is 2.07 bits per heavy atom. The Morgan fingerprint density at radius 1 is 1.31 bits per heavy atom. The molecule has 0 bridgehead atoms. The first-order valence-corrected chi connectivity index (χ1v) is 10.2. The number of nitrogens with zero attached hydrogens (tertiary/aromatic N) is 2. The fraction of sp³-hybridized carbons (Fsp3) is 0.545. The van der Waals surface area contributed by atoms with Gasteiger partial charge in [0.25, 0.3) is 0 Å². The Labute approximate surface area is 169 Å². The maximum atomic E-state index is 14.0. The number of carbonyl (C=O) groups is 1. The zero-order chi connectivity index (χ0) is 21.0. The van der Waals surface area contributed by atoms with Gasteiger partial charge in [0.15, 0.2) is 0 Å². The van der Waals surface area contributed by atoms with E-state index in [-0.39, 0.29) is 25.0 Å². The van der Waals surface area contributed by atoms with Crippen LogP contribution in [-0.4, -0.2) is 31.7 Å². The van der Waals surface area contributed by atoms with Crippen LogP contribution in [0.4, 0.5) is 8.78 Å². The molecule has 1 aromatic carbocycles. The highest BCUT2D eigenvalue weighted by Crippen LogP contribution is 2.46. The molecule has 1 aliphatic rings. The van der Waals surface area contributed by atoms with E-state index < -0.39 is 17.8 Å². The molecule has 5 nitrogen and oxygen atoms in total. The maximum Gasteiger partial charge on any atom is 0.307 e. The summed E-state index contributed by atoms with van der Waals surface area (Å²) in [5.41, 5.74) is 1.67. The molecule has 1 aromatic heterocycles. The molecule has 7 heteroatoms. The van der Waals surface area contributed by atoms with Crippen LogP contribution in [0.2, 0.25) is 0 Å². The van der Waals surface area contributed by atoms with Crippen molar-refractivity contribution in [2.24, 2.45) is 0 Å². The summed E-state index contributed by atoms with van der Waals surface area (Å²) in [6.07, 6.45) is 6.33. The highest BCUT2D eigenvalue weighted by Gasteiger charge is 2.38. The molecule has 29 heavy (non-hydrogen) atoms. The maximum absolute atomic E-state index is 14.0. The summed E-state index contributed by atoms with van der Waals surface area (Å²) in [5.74, 6) is -3.40. The number of carboxylic acid groups (broad SMARTS) is 1. The normalized spacial score (nSPS) is 18.7. The Hall–Kier alpha value is -2.44. The van der Waals surface area contributed by atoms with Crippen molar-refractivity contribution >= 4 is 5.97 Å². The molecule has 1 atom stereocenters. The number of aromatic hydroxyl groups is 1. The molecule has 2 N–H and O–H groups in total. The Kier molecular flexibility index (Phi) is 6.55. The number of aromatic nitrogens is 2. The lowest BCUT2D eigenvalue weighted by atomic mass is 9.78. The van der Waals surface area contributed by atoms with Crippen molar-refractivity contribution in [3.05, 3.63) is 47.0 Å². The third-order valence-electron chi connectivity index (χ3n) is 5.80. The number of hydrogen-bond donors (Lipinski definition) is 2. The number of hydrogen-bond acceptors (Lipinski definition) is 3. The summed E-state index contributed by atoms with van der Waals surface area (Å²) in [4.78, 5) is 15.3. The molecule has 1 heterocycles. The van der Waals surface area contributed by atoms with Crippen LogP contribution < -0.4 is 0 Å². The number of rotatable bonds is 8. The molecule has 0 radical (unpaired) electrons. The lowest BCUT2D eigenvalue weighted by Crippen LogP contribution is -2.25. The van der Waals surface area contributed by atoms with E-state index in [1.54, 1.807) is 12.3 Å². The van der Waals surface area contributed by atoms with E-state index in [2.05, 4.69) is 9.55 Å². The second-order valence-electron chi connectivity index (χ2n) is 7.99. The Morgan fingerprint density at radius 3 is 2.72 bits per heavy atom. The van der Waals surface area contributed by atoms with Crippen molar-refractivity contribution in [1.29, 1.82) is 0 Å². The van der Waals surface area contributed by atoms with Gasteiger partial charge < -0.3 is 14.8 Å². The molecule has 3 rings (SSSR count). The summed E-state index contributed by atoms with van der Waals surface area (Å²) in [6.45, 7) is 2.77. The molecule has 2 aromatic rings. The van der Waals surface area contributed by atoms with Crippen LogP contribution in [0.25, 0.3) is 0 Å². The first-order chi connectivity index (χ1) is 13.8. The Bertz CT molecular complexity index is 864. The van der Waals surface area contributed by atoms with Crippen LogP contribution in [0, 0.1) is 6.92 Å². The molecule has 0 spiro atoms. The summed E-state index contributed by atoms with van der Waals surface area (Å²) in [5, 5.41) is 19.9. The van der Waals surface area contributed by atoms with Crippen molar-refractivity contribution in [1.82, 2.24) is 9.55 Å². The summed E-state index contributed by atoms with van der Waals surface area (Å²) < 4.78 is 30.1. The first-order valence-electron chi connectivity index (χ1n) is 10.2. The zero-order valence-corrected chi connectivity index (χ0v) is 16.7. The van der Waals surface area contributed by atoms with E-state index in [9.17, 15) is 18.7 Å². The lowest BCUT2D eigenvalue weighted by molar-refractivity contribution is -0.136. The minimum atomic E-state index is -2.74. The van der Waals surface area contributed by atoms with Crippen LogP contribution >= 0.6 is 0 Å². The number of aliphatic carboxylic acids is 1. The van der Waals surface area contributed by atoms with Gasteiger partial charge in [-0.15, -0.1) is 0 Å². The minimum absolute atomic E-state index is 0.113. The monoisotopic (exact) mass is 406 g/mol. The van der Waals surface area contributed by atoms with Crippen molar-refractivity contribution in [3.8, 4) is 5.75 Å². The molecular weight excluding hydrogens is 378 g/mol. The van der Waals surface area contributed by atoms with Crippen molar-refractivity contribution < 1.29 is 23.8 Å². The van der Waals surface area contributed by atoms with E-state index in [1.807, 2.05) is 19.2 Å². The van der Waals surface area contributed by atoms with Crippen LogP contribution in [0.5, 0.6) is 5.75 Å². The average Bonchev–Trinajstić information content (AvgIpc) is 3.04. The van der Waals surface area contributed by atoms with E-state index in [0.717, 1.165) is 30.8 Å². The second-order valence-corrected chi connectivity index (χ2v) is 7.99. The molecule has 1 aliphatic carbocycles. The number of carboxylic acids is 1. The van der Waals surface area contributed by atoms with Gasteiger partial charge in [-0.1, -0.05) is 12.1 Å². The van der Waals surface area contributed by atoms with E-state index in [4.69, 9.17) is 5.11 Å². The van der Waals surface area contributed by atoms with Crippen LogP contribution in [-0.2, 0) is 24.2 Å². The predicted octanol–water partition coefficient (Wildman–Crippen LogP) is 4.84. The smallest absolute Gasteiger partial charge is 0.307 e. The number of unbranched alkanes of at least 4 members (excludes halogenated alkanes) is 1. The van der Waals surface area contributed by atoms with Crippen molar-refractivity contribution in [3.63, 3.8) is 0 Å². The lowest BCUT2D eigenvalue weighted by Gasteiger charge is -2.31. The number of phenols is 1. The largest absolute Gasteiger partial charge is 0.507 e. The number of phenolic OH excluding ortho intramolecular Hbond substituents is 1. The minimum Gasteiger partial charge on any atom is -0.507 e. The van der Waals surface area contributed by atoms with Gasteiger partial charge >= 0.3 is 5.97 Å². The average molecular weight is 406 g/mol. The van der Waals surface area contributed by atoms with Gasteiger partial charge in [-0.25, -0.2) is 13.8 Å². The third-order valence-corrected chi connectivity index (χ3v) is 5.80. The molecule has 0 aliphatic heterocycles. The molecule has 1 fully saturated rings. The summed E-state index contributed by atoms with van der Waals surface area (Å²) in [7, 11) is 0. The quantitative estimate of drug-likeness (QED) is 0.615. The third kappa shape index (κ3) is 5.34.